The summed E-state index contributed by atoms with van der Waals surface area (Å²) in [4.78, 5) is 25.5. The zero-order valence-corrected chi connectivity index (χ0v) is 11.9. The summed E-state index contributed by atoms with van der Waals surface area (Å²) in [6.07, 6.45) is 2.29. The van der Waals surface area contributed by atoms with E-state index in [1.165, 1.54) is 4.90 Å². The first-order chi connectivity index (χ1) is 9.67. The van der Waals surface area contributed by atoms with Crippen LogP contribution in [0.2, 0.25) is 0 Å². The van der Waals surface area contributed by atoms with Crippen molar-refractivity contribution >= 4 is 17.5 Å². The van der Waals surface area contributed by atoms with Gasteiger partial charge in [-0.2, -0.15) is 0 Å². The predicted octanol–water partition coefficient (Wildman–Crippen LogP) is 1.72. The van der Waals surface area contributed by atoms with Crippen molar-refractivity contribution in [3.05, 3.63) is 24.3 Å². The van der Waals surface area contributed by atoms with E-state index in [0.717, 1.165) is 19.4 Å². The van der Waals surface area contributed by atoms with Gasteiger partial charge in [0.15, 0.2) is 0 Å². The second-order valence-electron chi connectivity index (χ2n) is 4.83. The van der Waals surface area contributed by atoms with Crippen LogP contribution < -0.4 is 15.0 Å². The highest BCUT2D eigenvalue weighted by molar-refractivity contribution is 6.22. The summed E-state index contributed by atoms with van der Waals surface area (Å²) in [5.74, 6) is 0.371. The van der Waals surface area contributed by atoms with Crippen molar-refractivity contribution in [3.8, 4) is 5.75 Å². The minimum absolute atomic E-state index is 0.158. The molecule has 2 amide bonds. The maximum absolute atomic E-state index is 12.3. The number of anilines is 1. The fourth-order valence-electron chi connectivity index (χ4n) is 2.25. The minimum Gasteiger partial charge on any atom is -0.497 e. The molecule has 0 aliphatic carbocycles. The number of amides is 2. The molecule has 108 valence electrons. The third-order valence-corrected chi connectivity index (χ3v) is 3.40. The molecule has 1 heterocycles. The Kier molecular flexibility index (Phi) is 4.74. The molecule has 0 saturated carbocycles. The van der Waals surface area contributed by atoms with E-state index in [1.54, 1.807) is 31.4 Å². The van der Waals surface area contributed by atoms with Gasteiger partial charge in [0, 0.05) is 0 Å². The van der Waals surface area contributed by atoms with Crippen LogP contribution in [0.25, 0.3) is 0 Å². The molecular weight excluding hydrogens is 256 g/mol. The Morgan fingerprint density at radius 2 is 2.00 bits per heavy atom. The topological polar surface area (TPSA) is 58.6 Å². The zero-order chi connectivity index (χ0) is 14.5. The molecule has 1 aliphatic rings. The molecule has 1 aliphatic heterocycles. The lowest BCUT2D eigenvalue weighted by Gasteiger charge is -2.15. The van der Waals surface area contributed by atoms with E-state index in [0.29, 0.717) is 11.4 Å². The third-order valence-electron chi connectivity index (χ3n) is 3.40. The highest BCUT2D eigenvalue weighted by Gasteiger charge is 2.38. The molecule has 2 rings (SSSR count). The lowest BCUT2D eigenvalue weighted by molar-refractivity contribution is -0.121. The third kappa shape index (κ3) is 2.99. The van der Waals surface area contributed by atoms with Gasteiger partial charge in [-0.05, 0) is 37.2 Å². The number of hydrogen-bond acceptors (Lipinski definition) is 4. The number of methoxy groups -OCH3 is 1. The number of nitrogens with zero attached hydrogens (tertiary/aromatic N) is 1. The number of rotatable bonds is 6. The molecule has 5 heteroatoms. The SMILES string of the molecule is CCCCN[C@H]1CC(=O)N(c2ccc(OC)cc2)C1=O. The first-order valence-electron chi connectivity index (χ1n) is 6.91. The molecule has 1 fully saturated rings. The van der Waals surface area contributed by atoms with Gasteiger partial charge in [-0.25, -0.2) is 4.90 Å². The smallest absolute Gasteiger partial charge is 0.251 e. The summed E-state index contributed by atoms with van der Waals surface area (Å²) >= 11 is 0. The van der Waals surface area contributed by atoms with E-state index in [2.05, 4.69) is 12.2 Å². The lowest BCUT2D eigenvalue weighted by Crippen LogP contribution is -2.39. The van der Waals surface area contributed by atoms with E-state index >= 15 is 0 Å². The van der Waals surface area contributed by atoms with Crippen LogP contribution >= 0.6 is 0 Å². The average molecular weight is 276 g/mol. The fourth-order valence-corrected chi connectivity index (χ4v) is 2.25. The van der Waals surface area contributed by atoms with Gasteiger partial charge in [-0.1, -0.05) is 13.3 Å². The van der Waals surface area contributed by atoms with Gasteiger partial charge < -0.3 is 10.1 Å². The Hall–Kier alpha value is -1.88. The number of benzene rings is 1. The molecule has 0 aromatic heterocycles. The maximum Gasteiger partial charge on any atom is 0.251 e. The average Bonchev–Trinajstić information content (AvgIpc) is 2.74. The largest absolute Gasteiger partial charge is 0.497 e. The maximum atomic E-state index is 12.3. The van der Waals surface area contributed by atoms with Crippen LogP contribution in [0.3, 0.4) is 0 Å². The molecule has 0 radical (unpaired) electrons. The van der Waals surface area contributed by atoms with Crippen molar-refractivity contribution in [1.29, 1.82) is 0 Å². The number of hydrogen-bond donors (Lipinski definition) is 1. The van der Waals surface area contributed by atoms with E-state index in [9.17, 15) is 9.59 Å². The normalized spacial score (nSPS) is 18.7. The molecule has 0 bridgehead atoms. The molecule has 1 aromatic rings. The van der Waals surface area contributed by atoms with Gasteiger partial charge in [-0.3, -0.25) is 9.59 Å². The Morgan fingerprint density at radius 1 is 1.30 bits per heavy atom. The van der Waals surface area contributed by atoms with Crippen molar-refractivity contribution in [3.63, 3.8) is 0 Å². The summed E-state index contributed by atoms with van der Waals surface area (Å²) in [6.45, 7) is 2.85. The summed E-state index contributed by atoms with van der Waals surface area (Å²) in [5, 5.41) is 3.15. The van der Waals surface area contributed by atoms with Crippen molar-refractivity contribution in [2.75, 3.05) is 18.6 Å². The highest BCUT2D eigenvalue weighted by atomic mass is 16.5. The minimum atomic E-state index is -0.392. The van der Waals surface area contributed by atoms with Gasteiger partial charge in [0.1, 0.15) is 5.75 Å². The number of nitrogens with one attached hydrogen (secondary N) is 1. The van der Waals surface area contributed by atoms with Gasteiger partial charge in [-0.15, -0.1) is 0 Å². The first-order valence-corrected chi connectivity index (χ1v) is 6.91. The van der Waals surface area contributed by atoms with Gasteiger partial charge in [0.2, 0.25) is 5.91 Å². The molecule has 5 nitrogen and oxygen atoms in total. The highest BCUT2D eigenvalue weighted by Crippen LogP contribution is 2.25. The van der Waals surface area contributed by atoms with Crippen LogP contribution in [0.15, 0.2) is 24.3 Å². The molecule has 1 atom stereocenters. The second kappa shape index (κ2) is 6.52. The molecule has 1 saturated heterocycles. The lowest BCUT2D eigenvalue weighted by atomic mass is 10.2. The molecule has 1 N–H and O–H groups in total. The van der Waals surface area contributed by atoms with E-state index in [4.69, 9.17) is 4.74 Å². The second-order valence-corrected chi connectivity index (χ2v) is 4.83. The van der Waals surface area contributed by atoms with Gasteiger partial charge in [0.05, 0.1) is 25.3 Å². The number of carbonyl (C=O) groups excluding carboxylic acids is 2. The monoisotopic (exact) mass is 276 g/mol. The summed E-state index contributed by atoms with van der Waals surface area (Å²) < 4.78 is 5.07. The Balaban J connectivity index is 2.07. The molecule has 20 heavy (non-hydrogen) atoms. The predicted molar refractivity (Wildman–Crippen MR) is 76.8 cm³/mol. The summed E-state index contributed by atoms with van der Waals surface area (Å²) in [7, 11) is 1.58. The Morgan fingerprint density at radius 3 is 2.60 bits per heavy atom. The quantitative estimate of drug-likeness (QED) is 0.635. The zero-order valence-electron chi connectivity index (χ0n) is 11.9. The number of imide groups is 1. The fraction of sp³-hybridized carbons (Fsp3) is 0.467. The van der Waals surface area contributed by atoms with Crippen molar-refractivity contribution in [2.45, 2.75) is 32.2 Å². The molecule has 0 spiro atoms. The van der Waals surface area contributed by atoms with Crippen molar-refractivity contribution in [2.24, 2.45) is 0 Å². The molecular formula is C15H20N2O3. The summed E-state index contributed by atoms with van der Waals surface area (Å²) in [5.41, 5.74) is 0.598. The van der Waals surface area contributed by atoms with Crippen molar-refractivity contribution in [1.82, 2.24) is 5.32 Å². The van der Waals surface area contributed by atoms with E-state index < -0.39 is 6.04 Å². The van der Waals surface area contributed by atoms with Crippen LogP contribution in [-0.4, -0.2) is 31.5 Å². The number of ether oxygens (including phenoxy) is 1. The van der Waals surface area contributed by atoms with Gasteiger partial charge >= 0.3 is 0 Å². The van der Waals surface area contributed by atoms with Crippen molar-refractivity contribution < 1.29 is 14.3 Å². The number of unbranched alkanes of at least 4 members (excludes halogenated alkanes) is 1. The molecule has 0 unspecified atom stereocenters. The van der Waals surface area contributed by atoms with Crippen LogP contribution in [0.5, 0.6) is 5.75 Å². The van der Waals surface area contributed by atoms with Crippen LogP contribution in [0.4, 0.5) is 5.69 Å². The Bertz CT molecular complexity index is 484. The molecule has 1 aromatic carbocycles. The standard InChI is InChI=1S/C15H20N2O3/c1-3-4-9-16-13-10-14(18)17(15(13)19)11-5-7-12(20-2)8-6-11/h5-8,13,16H,3-4,9-10H2,1-2H3/t13-/m0/s1. The Labute approximate surface area is 118 Å². The van der Waals surface area contributed by atoms with Crippen LogP contribution in [0.1, 0.15) is 26.2 Å². The summed E-state index contributed by atoms with van der Waals surface area (Å²) in [6, 6.07) is 6.55. The van der Waals surface area contributed by atoms with Gasteiger partial charge in [0.25, 0.3) is 5.91 Å². The number of carbonyl (C=O) groups is 2. The first kappa shape index (κ1) is 14.5. The van der Waals surface area contributed by atoms with E-state index in [1.807, 2.05) is 0 Å². The van der Waals surface area contributed by atoms with Crippen LogP contribution in [0, 0.1) is 0 Å². The van der Waals surface area contributed by atoms with Crippen LogP contribution in [-0.2, 0) is 9.59 Å². The van der Waals surface area contributed by atoms with E-state index in [-0.39, 0.29) is 18.2 Å².